The highest BCUT2D eigenvalue weighted by atomic mass is 35.5. The van der Waals surface area contributed by atoms with Crippen molar-refractivity contribution in [1.29, 1.82) is 0 Å². The van der Waals surface area contributed by atoms with Crippen LogP contribution in [-0.4, -0.2) is 11.0 Å². The lowest BCUT2D eigenvalue weighted by molar-refractivity contribution is 0.102. The lowest BCUT2D eigenvalue weighted by Gasteiger charge is -2.07. The maximum atomic E-state index is 13.2. The van der Waals surface area contributed by atoms with Crippen molar-refractivity contribution in [1.82, 2.24) is 0 Å². The Kier molecular flexibility index (Phi) is 3.93. The molecule has 0 aromatic heterocycles. The molecule has 2 aromatic rings. The highest BCUT2D eigenvalue weighted by molar-refractivity contribution is 6.32. The molecule has 3 nitrogen and oxygen atoms in total. The molecule has 0 unspecified atom stereocenters. The summed E-state index contributed by atoms with van der Waals surface area (Å²) < 4.78 is 13.2. The zero-order valence-electron chi connectivity index (χ0n) is 9.45. The Morgan fingerprint density at radius 1 is 1.11 bits per heavy atom. The number of benzene rings is 2. The van der Waals surface area contributed by atoms with Crippen LogP contribution in [0.2, 0.25) is 10.0 Å². The van der Waals surface area contributed by atoms with Gasteiger partial charge < -0.3 is 10.4 Å². The maximum absolute atomic E-state index is 13.2. The van der Waals surface area contributed by atoms with E-state index < -0.39 is 11.7 Å². The van der Waals surface area contributed by atoms with Gasteiger partial charge in [-0.1, -0.05) is 23.2 Å². The molecule has 0 spiro atoms. The van der Waals surface area contributed by atoms with Gasteiger partial charge in [0.2, 0.25) is 0 Å². The zero-order chi connectivity index (χ0) is 14.0. The summed E-state index contributed by atoms with van der Waals surface area (Å²) in [6.07, 6.45) is 0. The summed E-state index contributed by atoms with van der Waals surface area (Å²) >= 11 is 11.2. The molecule has 0 aliphatic rings. The number of nitrogens with one attached hydrogen (secondary N) is 1. The van der Waals surface area contributed by atoms with E-state index in [0.29, 0.717) is 5.69 Å². The minimum Gasteiger partial charge on any atom is -0.506 e. The smallest absolute Gasteiger partial charge is 0.255 e. The molecular formula is C13H8Cl2FNO2. The summed E-state index contributed by atoms with van der Waals surface area (Å²) in [5, 5.41) is 11.8. The van der Waals surface area contributed by atoms with Crippen LogP contribution in [0.4, 0.5) is 10.1 Å². The Labute approximate surface area is 118 Å². The number of phenolic OH excluding ortho intramolecular Hbond substituents is 1. The highest BCUT2D eigenvalue weighted by Gasteiger charge is 2.10. The molecule has 0 radical (unpaired) electrons. The van der Waals surface area contributed by atoms with Crippen LogP contribution >= 0.6 is 23.2 Å². The number of rotatable bonds is 2. The predicted molar refractivity (Wildman–Crippen MR) is 72.5 cm³/mol. The average molecular weight is 300 g/mol. The van der Waals surface area contributed by atoms with Gasteiger partial charge >= 0.3 is 0 Å². The first kappa shape index (κ1) is 13.6. The van der Waals surface area contributed by atoms with Gasteiger partial charge in [-0.25, -0.2) is 4.39 Å². The molecule has 0 heterocycles. The summed E-state index contributed by atoms with van der Waals surface area (Å²) in [5.74, 6) is -1.26. The fourth-order valence-electron chi connectivity index (χ4n) is 1.43. The number of amides is 1. The molecule has 19 heavy (non-hydrogen) atoms. The number of phenols is 1. The second-order valence-electron chi connectivity index (χ2n) is 3.75. The molecule has 0 aliphatic heterocycles. The molecule has 98 valence electrons. The molecule has 0 atom stereocenters. The Morgan fingerprint density at radius 3 is 2.47 bits per heavy atom. The fraction of sp³-hybridized carbons (Fsp3) is 0. The zero-order valence-corrected chi connectivity index (χ0v) is 11.0. The molecule has 6 heteroatoms. The van der Waals surface area contributed by atoms with E-state index in [9.17, 15) is 14.3 Å². The van der Waals surface area contributed by atoms with Crippen molar-refractivity contribution in [3.63, 3.8) is 0 Å². The Morgan fingerprint density at radius 2 is 1.84 bits per heavy atom. The van der Waals surface area contributed by atoms with Crippen molar-refractivity contribution in [2.45, 2.75) is 0 Å². The quantitative estimate of drug-likeness (QED) is 0.821. The molecule has 2 aromatic carbocycles. The summed E-state index contributed by atoms with van der Waals surface area (Å²) in [6, 6.07) is 7.96. The van der Waals surface area contributed by atoms with Crippen molar-refractivity contribution in [3.8, 4) is 5.75 Å². The fourth-order valence-corrected chi connectivity index (χ4v) is 1.72. The van der Waals surface area contributed by atoms with Gasteiger partial charge in [-0.05, 0) is 36.4 Å². The van der Waals surface area contributed by atoms with Crippen LogP contribution in [0.15, 0.2) is 36.4 Å². The second kappa shape index (κ2) is 5.47. The molecule has 2 rings (SSSR count). The third-order valence-corrected chi connectivity index (χ3v) is 3.00. The van der Waals surface area contributed by atoms with E-state index in [1.807, 2.05) is 0 Å². The van der Waals surface area contributed by atoms with Gasteiger partial charge in [0.15, 0.2) is 0 Å². The molecule has 0 saturated carbocycles. The molecule has 1 amide bonds. The number of carbonyl (C=O) groups excluding carboxylic acids is 1. The van der Waals surface area contributed by atoms with Crippen molar-refractivity contribution >= 4 is 34.8 Å². The number of hydrogen-bond acceptors (Lipinski definition) is 2. The molecule has 0 bridgehead atoms. The minimum atomic E-state index is -0.668. The SMILES string of the molecule is O=C(Nc1ccc(O)c(Cl)c1)c1ccc(Cl)c(F)c1. The van der Waals surface area contributed by atoms with E-state index in [0.717, 1.165) is 6.07 Å². The van der Waals surface area contributed by atoms with E-state index in [2.05, 4.69) is 5.32 Å². The largest absolute Gasteiger partial charge is 0.506 e. The highest BCUT2D eigenvalue weighted by Crippen LogP contribution is 2.26. The van der Waals surface area contributed by atoms with Crippen LogP contribution in [0.5, 0.6) is 5.75 Å². The van der Waals surface area contributed by atoms with Gasteiger partial charge in [-0.3, -0.25) is 4.79 Å². The summed E-state index contributed by atoms with van der Waals surface area (Å²) in [4.78, 5) is 11.8. The molecule has 0 fully saturated rings. The first-order valence-electron chi connectivity index (χ1n) is 5.22. The van der Waals surface area contributed by atoms with E-state index in [4.69, 9.17) is 23.2 Å². The number of anilines is 1. The van der Waals surface area contributed by atoms with Crippen molar-refractivity contribution in [2.24, 2.45) is 0 Å². The van der Waals surface area contributed by atoms with E-state index in [1.54, 1.807) is 0 Å². The van der Waals surface area contributed by atoms with E-state index >= 15 is 0 Å². The third kappa shape index (κ3) is 3.16. The predicted octanol–water partition coefficient (Wildman–Crippen LogP) is 4.09. The summed E-state index contributed by atoms with van der Waals surface area (Å²) in [5.41, 5.74) is 0.522. The third-order valence-electron chi connectivity index (χ3n) is 2.39. The van der Waals surface area contributed by atoms with E-state index in [1.165, 1.54) is 30.3 Å². The first-order chi connectivity index (χ1) is 8.97. The molecule has 0 saturated heterocycles. The van der Waals surface area contributed by atoms with Crippen LogP contribution in [0.1, 0.15) is 10.4 Å². The first-order valence-corrected chi connectivity index (χ1v) is 5.98. The Bertz CT molecular complexity index is 647. The van der Waals surface area contributed by atoms with Crippen molar-refractivity contribution < 1.29 is 14.3 Å². The van der Waals surface area contributed by atoms with Crippen LogP contribution in [0.3, 0.4) is 0 Å². The van der Waals surface area contributed by atoms with Crippen molar-refractivity contribution in [2.75, 3.05) is 5.32 Å². The summed E-state index contributed by atoms with van der Waals surface area (Å²) in [7, 11) is 0. The lowest BCUT2D eigenvalue weighted by Crippen LogP contribution is -2.12. The van der Waals surface area contributed by atoms with Crippen molar-refractivity contribution in [3.05, 3.63) is 57.8 Å². The lowest BCUT2D eigenvalue weighted by atomic mass is 10.2. The van der Waals surface area contributed by atoms with Gasteiger partial charge in [0.25, 0.3) is 5.91 Å². The average Bonchev–Trinajstić information content (AvgIpc) is 2.37. The Hall–Kier alpha value is -1.78. The summed E-state index contributed by atoms with van der Waals surface area (Å²) in [6.45, 7) is 0. The standard InChI is InChI=1S/C13H8Cl2FNO2/c14-9-3-1-7(5-11(9)16)13(19)17-8-2-4-12(18)10(15)6-8/h1-6,18H,(H,17,19). The van der Waals surface area contributed by atoms with Gasteiger partial charge in [-0.2, -0.15) is 0 Å². The number of aromatic hydroxyl groups is 1. The maximum Gasteiger partial charge on any atom is 0.255 e. The van der Waals surface area contributed by atoms with Gasteiger partial charge in [-0.15, -0.1) is 0 Å². The minimum absolute atomic E-state index is 0.0516. The van der Waals surface area contributed by atoms with Gasteiger partial charge in [0.1, 0.15) is 11.6 Å². The van der Waals surface area contributed by atoms with Gasteiger partial charge in [0.05, 0.1) is 10.0 Å². The van der Waals surface area contributed by atoms with Crippen LogP contribution in [0.25, 0.3) is 0 Å². The molecular weight excluding hydrogens is 292 g/mol. The monoisotopic (exact) mass is 299 g/mol. The topological polar surface area (TPSA) is 49.3 Å². The van der Waals surface area contributed by atoms with Crippen LogP contribution in [0, 0.1) is 5.82 Å². The molecule has 2 N–H and O–H groups in total. The number of carbonyl (C=O) groups is 1. The normalized spacial score (nSPS) is 10.3. The van der Waals surface area contributed by atoms with Crippen LogP contribution < -0.4 is 5.32 Å². The van der Waals surface area contributed by atoms with E-state index in [-0.39, 0.29) is 21.4 Å². The number of hydrogen-bond donors (Lipinski definition) is 2. The van der Waals surface area contributed by atoms with Gasteiger partial charge in [0, 0.05) is 11.3 Å². The second-order valence-corrected chi connectivity index (χ2v) is 4.56. The Balaban J connectivity index is 2.20. The molecule has 0 aliphatic carbocycles. The van der Waals surface area contributed by atoms with Crippen LogP contribution in [-0.2, 0) is 0 Å². The number of halogens is 3.